The highest BCUT2D eigenvalue weighted by molar-refractivity contribution is 7.13. The Morgan fingerprint density at radius 3 is 2.95 bits per heavy atom. The van der Waals surface area contributed by atoms with Crippen LogP contribution in [0, 0.1) is 0 Å². The van der Waals surface area contributed by atoms with Crippen molar-refractivity contribution in [2.75, 3.05) is 12.4 Å². The van der Waals surface area contributed by atoms with Crippen LogP contribution >= 0.6 is 11.3 Å². The van der Waals surface area contributed by atoms with Crippen LogP contribution in [0.2, 0.25) is 0 Å². The number of para-hydroxylation sites is 1. The van der Waals surface area contributed by atoms with Crippen molar-refractivity contribution < 1.29 is 4.74 Å². The van der Waals surface area contributed by atoms with E-state index in [2.05, 4.69) is 34.0 Å². The topological polar surface area (TPSA) is 39.1 Å². The summed E-state index contributed by atoms with van der Waals surface area (Å²) in [6.07, 6.45) is 1.80. The average molecular weight is 273 g/mol. The van der Waals surface area contributed by atoms with Crippen LogP contribution in [-0.4, -0.2) is 16.7 Å². The third-order valence-corrected chi connectivity index (χ3v) is 3.95. The molecule has 0 fully saturated rings. The smallest absolute Gasteiger partial charge is 0.182 e. The number of methoxy groups -OCH3 is 1. The van der Waals surface area contributed by atoms with Crippen LogP contribution in [0.1, 0.15) is 5.69 Å². The Balaban J connectivity index is 2.00. The lowest BCUT2D eigenvalue weighted by Gasteiger charge is -2.07. The summed E-state index contributed by atoms with van der Waals surface area (Å²) in [4.78, 5) is 4.23. The van der Waals surface area contributed by atoms with E-state index in [-0.39, 0.29) is 0 Å². The van der Waals surface area contributed by atoms with Crippen LogP contribution < -0.4 is 10.1 Å². The number of hydrogen-bond donors (Lipinski definition) is 1. The molecule has 0 spiro atoms. The van der Waals surface area contributed by atoms with Crippen molar-refractivity contribution >= 4 is 27.4 Å². The first-order valence-electron chi connectivity index (χ1n) is 6.05. The van der Waals surface area contributed by atoms with Crippen molar-refractivity contribution in [1.82, 2.24) is 9.55 Å². The van der Waals surface area contributed by atoms with Crippen molar-refractivity contribution in [1.29, 1.82) is 0 Å². The molecule has 3 rings (SSSR count). The summed E-state index contributed by atoms with van der Waals surface area (Å²) in [7, 11) is 3.78. The third kappa shape index (κ3) is 2.06. The molecule has 3 aromatic rings. The molecule has 0 atom stereocenters. The highest BCUT2D eigenvalue weighted by Crippen LogP contribution is 2.32. The van der Waals surface area contributed by atoms with Gasteiger partial charge in [-0.25, -0.2) is 4.98 Å². The predicted molar refractivity (Wildman–Crippen MR) is 78.9 cm³/mol. The molecule has 0 aliphatic rings. The molecule has 0 aliphatic carbocycles. The summed E-state index contributed by atoms with van der Waals surface area (Å²) in [5, 5.41) is 7.35. The lowest BCUT2D eigenvalue weighted by molar-refractivity contribution is 0.413. The van der Waals surface area contributed by atoms with Gasteiger partial charge in [0.15, 0.2) is 5.13 Å². The number of rotatable bonds is 4. The van der Waals surface area contributed by atoms with E-state index in [1.807, 2.05) is 17.5 Å². The summed E-state index contributed by atoms with van der Waals surface area (Å²) >= 11 is 1.60. The van der Waals surface area contributed by atoms with Gasteiger partial charge in [-0.1, -0.05) is 12.1 Å². The van der Waals surface area contributed by atoms with Crippen LogP contribution in [0.4, 0.5) is 5.13 Å². The highest BCUT2D eigenvalue weighted by atomic mass is 32.1. The summed E-state index contributed by atoms with van der Waals surface area (Å²) in [5.41, 5.74) is 2.30. The van der Waals surface area contributed by atoms with Gasteiger partial charge < -0.3 is 14.6 Å². The molecule has 5 heteroatoms. The Hall–Kier alpha value is -2.01. The Labute approximate surface area is 115 Å². The molecular weight excluding hydrogens is 258 g/mol. The van der Waals surface area contributed by atoms with Crippen molar-refractivity contribution in [2.24, 2.45) is 7.05 Å². The van der Waals surface area contributed by atoms with E-state index in [4.69, 9.17) is 4.74 Å². The van der Waals surface area contributed by atoms with Gasteiger partial charge in [0.1, 0.15) is 5.75 Å². The van der Waals surface area contributed by atoms with E-state index in [0.717, 1.165) is 22.0 Å². The summed E-state index contributed by atoms with van der Waals surface area (Å²) < 4.78 is 7.73. The van der Waals surface area contributed by atoms with Crippen LogP contribution in [0.3, 0.4) is 0 Å². The van der Waals surface area contributed by atoms with Gasteiger partial charge in [0, 0.05) is 24.0 Å². The van der Waals surface area contributed by atoms with E-state index in [1.165, 1.54) is 5.52 Å². The third-order valence-electron chi connectivity index (χ3n) is 3.22. The van der Waals surface area contributed by atoms with Crippen molar-refractivity contribution in [3.63, 3.8) is 0 Å². The second-order valence-corrected chi connectivity index (χ2v) is 5.14. The largest absolute Gasteiger partial charge is 0.494 e. The molecule has 0 amide bonds. The first-order chi connectivity index (χ1) is 9.31. The van der Waals surface area contributed by atoms with Gasteiger partial charge in [-0.3, -0.25) is 0 Å². The van der Waals surface area contributed by atoms with Gasteiger partial charge >= 0.3 is 0 Å². The molecule has 0 saturated heterocycles. The number of hydrogen-bond acceptors (Lipinski definition) is 4. The normalized spacial score (nSPS) is 10.8. The van der Waals surface area contributed by atoms with Gasteiger partial charge in [0.05, 0.1) is 24.9 Å². The van der Waals surface area contributed by atoms with Crippen molar-refractivity contribution in [3.8, 4) is 5.75 Å². The molecule has 98 valence electrons. The summed E-state index contributed by atoms with van der Waals surface area (Å²) in [6, 6.07) is 8.26. The SMILES string of the molecule is COc1c(CNc2nccs2)n(C)c2ccccc12. The Morgan fingerprint density at radius 2 is 2.21 bits per heavy atom. The molecule has 0 unspecified atom stereocenters. The Bertz CT molecular complexity index is 688. The zero-order valence-electron chi connectivity index (χ0n) is 10.9. The number of anilines is 1. The fourth-order valence-corrected chi connectivity index (χ4v) is 2.84. The molecule has 0 saturated carbocycles. The van der Waals surface area contributed by atoms with Gasteiger partial charge in [0.25, 0.3) is 0 Å². The monoisotopic (exact) mass is 273 g/mol. The fraction of sp³-hybridized carbons (Fsp3) is 0.214. The minimum absolute atomic E-state index is 0.696. The van der Waals surface area contributed by atoms with Gasteiger partial charge in [-0.05, 0) is 12.1 Å². The molecule has 2 heterocycles. The maximum Gasteiger partial charge on any atom is 0.182 e. The number of ether oxygens (including phenoxy) is 1. The zero-order valence-corrected chi connectivity index (χ0v) is 11.7. The summed E-state index contributed by atoms with van der Waals surface area (Å²) in [5.74, 6) is 0.933. The summed E-state index contributed by atoms with van der Waals surface area (Å²) in [6.45, 7) is 0.696. The molecule has 2 aromatic heterocycles. The maximum atomic E-state index is 5.57. The fourth-order valence-electron chi connectivity index (χ4n) is 2.31. The van der Waals surface area contributed by atoms with Crippen LogP contribution in [0.5, 0.6) is 5.75 Å². The lowest BCUT2D eigenvalue weighted by Crippen LogP contribution is -2.05. The van der Waals surface area contributed by atoms with Crippen molar-refractivity contribution in [3.05, 3.63) is 41.5 Å². The molecule has 0 aliphatic heterocycles. The molecule has 0 bridgehead atoms. The van der Waals surface area contributed by atoms with Crippen LogP contribution in [0.25, 0.3) is 10.9 Å². The number of nitrogens with one attached hydrogen (secondary N) is 1. The van der Waals surface area contributed by atoms with E-state index in [0.29, 0.717) is 6.54 Å². The highest BCUT2D eigenvalue weighted by Gasteiger charge is 2.15. The van der Waals surface area contributed by atoms with E-state index >= 15 is 0 Å². The number of benzene rings is 1. The predicted octanol–water partition coefficient (Wildman–Crippen LogP) is 3.26. The number of aryl methyl sites for hydroxylation is 1. The van der Waals surface area contributed by atoms with Crippen LogP contribution in [-0.2, 0) is 13.6 Å². The maximum absolute atomic E-state index is 5.57. The molecule has 1 aromatic carbocycles. The average Bonchev–Trinajstić information content (AvgIpc) is 3.04. The first-order valence-corrected chi connectivity index (χ1v) is 6.93. The van der Waals surface area contributed by atoms with Crippen LogP contribution in [0.15, 0.2) is 35.8 Å². The lowest BCUT2D eigenvalue weighted by atomic mass is 10.2. The quantitative estimate of drug-likeness (QED) is 0.793. The Morgan fingerprint density at radius 1 is 1.37 bits per heavy atom. The van der Waals surface area contributed by atoms with Gasteiger partial charge in [-0.2, -0.15) is 0 Å². The van der Waals surface area contributed by atoms with Crippen molar-refractivity contribution in [2.45, 2.75) is 6.54 Å². The van der Waals surface area contributed by atoms with Gasteiger partial charge in [0.2, 0.25) is 0 Å². The second kappa shape index (κ2) is 4.93. The van der Waals surface area contributed by atoms with E-state index in [1.54, 1.807) is 24.6 Å². The minimum Gasteiger partial charge on any atom is -0.494 e. The molecular formula is C14H15N3OS. The second-order valence-electron chi connectivity index (χ2n) is 4.25. The number of thiazole rings is 1. The van der Waals surface area contributed by atoms with E-state index < -0.39 is 0 Å². The minimum atomic E-state index is 0.696. The molecule has 0 radical (unpaired) electrons. The number of nitrogens with zero attached hydrogens (tertiary/aromatic N) is 2. The first kappa shape index (κ1) is 12.0. The number of aromatic nitrogens is 2. The molecule has 1 N–H and O–H groups in total. The molecule has 4 nitrogen and oxygen atoms in total. The standard InChI is InChI=1S/C14H15N3OS/c1-17-11-6-4-3-5-10(11)13(18-2)12(17)9-16-14-15-7-8-19-14/h3-8H,9H2,1-2H3,(H,15,16). The number of fused-ring (bicyclic) bond motifs is 1. The zero-order chi connectivity index (χ0) is 13.2. The van der Waals surface area contributed by atoms with Gasteiger partial charge in [-0.15, -0.1) is 11.3 Å². The van der Waals surface area contributed by atoms with E-state index in [9.17, 15) is 0 Å². The Kier molecular flexibility index (Phi) is 3.13. The molecule has 19 heavy (non-hydrogen) atoms.